The molecular weight excluding hydrogens is 247 g/mol. The monoisotopic (exact) mass is 268 g/mol. The van der Waals surface area contributed by atoms with Crippen molar-refractivity contribution in [2.75, 3.05) is 0 Å². The summed E-state index contributed by atoms with van der Waals surface area (Å²) in [6, 6.07) is 0. The van der Waals surface area contributed by atoms with Crippen LogP contribution in [0.3, 0.4) is 0 Å². The fourth-order valence-electron chi connectivity index (χ4n) is 1.96. The molecule has 0 spiro atoms. The summed E-state index contributed by atoms with van der Waals surface area (Å²) in [7, 11) is -3.23. The zero-order valence-electron chi connectivity index (χ0n) is 10.5. The second-order valence-electron chi connectivity index (χ2n) is 4.93. The van der Waals surface area contributed by atoms with Crippen molar-refractivity contribution < 1.29 is 13.6 Å². The van der Waals surface area contributed by atoms with Crippen molar-refractivity contribution in [3.8, 4) is 0 Å². The Labute approximate surface area is 103 Å². The molecule has 1 fully saturated rings. The van der Waals surface area contributed by atoms with E-state index in [2.05, 4.69) is 0 Å². The minimum Gasteiger partial charge on any atom is -0.305 e. The van der Waals surface area contributed by atoms with Gasteiger partial charge in [-0.3, -0.25) is 4.57 Å². The quantitative estimate of drug-likeness (QED) is 0.542. The molecular formula is C11H22ClO3P. The Kier molecular flexibility index (Phi) is 4.88. The van der Waals surface area contributed by atoms with Gasteiger partial charge in [0, 0.05) is 0 Å². The van der Waals surface area contributed by atoms with Crippen molar-refractivity contribution in [3.05, 3.63) is 0 Å². The molecule has 0 bridgehead atoms. The van der Waals surface area contributed by atoms with Gasteiger partial charge in [-0.15, -0.1) is 11.6 Å². The van der Waals surface area contributed by atoms with Crippen molar-refractivity contribution in [2.45, 2.75) is 70.2 Å². The van der Waals surface area contributed by atoms with Gasteiger partial charge < -0.3 is 9.05 Å². The molecule has 0 aromatic carbocycles. The number of hydrogen-bond acceptors (Lipinski definition) is 3. The predicted molar refractivity (Wildman–Crippen MR) is 67.1 cm³/mol. The van der Waals surface area contributed by atoms with Crippen LogP contribution < -0.4 is 0 Å². The molecule has 0 aromatic rings. The minimum absolute atomic E-state index is 0.138. The van der Waals surface area contributed by atoms with Gasteiger partial charge in [0.2, 0.25) is 0 Å². The van der Waals surface area contributed by atoms with E-state index in [0.717, 1.165) is 12.8 Å². The van der Waals surface area contributed by atoms with E-state index in [1.807, 2.05) is 27.7 Å². The molecule has 3 nitrogen and oxygen atoms in total. The molecule has 1 aliphatic rings. The molecule has 0 heterocycles. The molecule has 0 amide bonds. The van der Waals surface area contributed by atoms with Crippen molar-refractivity contribution in [1.82, 2.24) is 0 Å². The smallest absolute Gasteiger partial charge is 0.305 e. The standard InChI is InChI=1S/C11H22ClO3P/c1-9(2)14-16(13,15-10(3)4)11(12)7-5-6-8-11/h9-10H,5-8H2,1-4H3. The Hall–Kier alpha value is 0.440. The van der Waals surface area contributed by atoms with Gasteiger partial charge in [0.15, 0.2) is 0 Å². The van der Waals surface area contributed by atoms with Crippen LogP contribution >= 0.6 is 19.2 Å². The number of halogens is 1. The van der Waals surface area contributed by atoms with Crippen LogP contribution in [0.4, 0.5) is 0 Å². The van der Waals surface area contributed by atoms with Crippen molar-refractivity contribution in [3.63, 3.8) is 0 Å². The zero-order valence-corrected chi connectivity index (χ0v) is 12.2. The van der Waals surface area contributed by atoms with E-state index in [4.69, 9.17) is 20.6 Å². The van der Waals surface area contributed by atoms with E-state index in [0.29, 0.717) is 12.8 Å². The van der Waals surface area contributed by atoms with Gasteiger partial charge in [0.1, 0.15) is 4.62 Å². The molecule has 0 N–H and O–H groups in total. The second-order valence-corrected chi connectivity index (χ2v) is 8.19. The van der Waals surface area contributed by atoms with Crippen LogP contribution in [0.25, 0.3) is 0 Å². The van der Waals surface area contributed by atoms with Crippen molar-refractivity contribution in [1.29, 1.82) is 0 Å². The topological polar surface area (TPSA) is 35.5 Å². The average Bonchev–Trinajstić information content (AvgIpc) is 2.50. The molecule has 1 saturated carbocycles. The van der Waals surface area contributed by atoms with E-state index >= 15 is 0 Å². The highest BCUT2D eigenvalue weighted by Gasteiger charge is 2.52. The van der Waals surface area contributed by atoms with Crippen LogP contribution in [0, 0.1) is 0 Å². The van der Waals surface area contributed by atoms with E-state index in [1.54, 1.807) is 0 Å². The van der Waals surface area contributed by atoms with Crippen LogP contribution in [-0.2, 0) is 13.6 Å². The average molecular weight is 269 g/mol. The zero-order chi connectivity index (χ0) is 12.4. The normalized spacial score (nSPS) is 20.9. The van der Waals surface area contributed by atoms with E-state index in [9.17, 15) is 4.57 Å². The summed E-state index contributed by atoms with van der Waals surface area (Å²) < 4.78 is 23.1. The minimum atomic E-state index is -3.23. The third kappa shape index (κ3) is 3.22. The lowest BCUT2D eigenvalue weighted by molar-refractivity contribution is 0.133. The van der Waals surface area contributed by atoms with Crippen LogP contribution in [0.1, 0.15) is 53.4 Å². The molecule has 16 heavy (non-hydrogen) atoms. The van der Waals surface area contributed by atoms with Crippen LogP contribution in [-0.4, -0.2) is 16.8 Å². The van der Waals surface area contributed by atoms with Crippen molar-refractivity contribution in [2.24, 2.45) is 0 Å². The van der Waals surface area contributed by atoms with Gasteiger partial charge in [0.25, 0.3) is 0 Å². The lowest BCUT2D eigenvalue weighted by Gasteiger charge is -2.33. The molecule has 0 saturated heterocycles. The highest BCUT2D eigenvalue weighted by Crippen LogP contribution is 2.69. The van der Waals surface area contributed by atoms with Gasteiger partial charge in [0.05, 0.1) is 12.2 Å². The number of alkyl halides is 1. The number of rotatable bonds is 5. The van der Waals surface area contributed by atoms with Gasteiger partial charge in [-0.05, 0) is 40.5 Å². The van der Waals surface area contributed by atoms with E-state index < -0.39 is 12.2 Å². The first kappa shape index (κ1) is 14.5. The Morgan fingerprint density at radius 3 is 1.75 bits per heavy atom. The molecule has 0 aromatic heterocycles. The first-order valence-electron chi connectivity index (χ1n) is 5.95. The van der Waals surface area contributed by atoms with Crippen molar-refractivity contribution >= 4 is 19.2 Å². The summed E-state index contributed by atoms with van der Waals surface area (Å²) in [5.41, 5.74) is 0. The molecule has 0 radical (unpaired) electrons. The third-order valence-electron chi connectivity index (χ3n) is 2.56. The molecule has 5 heteroatoms. The molecule has 1 aliphatic carbocycles. The van der Waals surface area contributed by atoms with Crippen LogP contribution in [0.15, 0.2) is 0 Å². The molecule has 0 unspecified atom stereocenters. The Balaban J connectivity index is 2.89. The van der Waals surface area contributed by atoms with Gasteiger partial charge >= 0.3 is 7.60 Å². The summed E-state index contributed by atoms with van der Waals surface area (Å²) in [4.78, 5) is 0. The fraction of sp³-hybridized carbons (Fsp3) is 1.00. The molecule has 0 atom stereocenters. The highest BCUT2D eigenvalue weighted by molar-refractivity contribution is 7.57. The Morgan fingerprint density at radius 1 is 1.06 bits per heavy atom. The van der Waals surface area contributed by atoms with Crippen LogP contribution in [0.2, 0.25) is 0 Å². The molecule has 0 aliphatic heterocycles. The fourth-order valence-corrected chi connectivity index (χ4v) is 4.87. The first-order chi connectivity index (χ1) is 7.29. The number of hydrogen-bond donors (Lipinski definition) is 0. The first-order valence-corrected chi connectivity index (χ1v) is 7.87. The van der Waals surface area contributed by atoms with Crippen LogP contribution in [0.5, 0.6) is 0 Å². The van der Waals surface area contributed by atoms with E-state index in [-0.39, 0.29) is 12.2 Å². The second kappa shape index (κ2) is 5.39. The van der Waals surface area contributed by atoms with E-state index in [1.165, 1.54) is 0 Å². The maximum Gasteiger partial charge on any atom is 0.351 e. The lowest BCUT2D eigenvalue weighted by Crippen LogP contribution is -2.24. The summed E-state index contributed by atoms with van der Waals surface area (Å²) in [5, 5.41) is 0. The summed E-state index contributed by atoms with van der Waals surface area (Å²) >= 11 is 6.45. The predicted octanol–water partition coefficient (Wildman–Crippen LogP) is 4.54. The Bertz CT molecular complexity index is 258. The molecule has 96 valence electrons. The van der Waals surface area contributed by atoms with Gasteiger partial charge in [-0.25, -0.2) is 0 Å². The summed E-state index contributed by atoms with van der Waals surface area (Å²) in [6.45, 7) is 7.41. The maximum atomic E-state index is 12.8. The molecule has 1 rings (SSSR count). The van der Waals surface area contributed by atoms with Gasteiger partial charge in [-0.1, -0.05) is 12.8 Å². The SMILES string of the molecule is CC(C)OP(=O)(OC(C)C)C1(Cl)CCCC1. The largest absolute Gasteiger partial charge is 0.351 e. The third-order valence-corrected chi connectivity index (χ3v) is 6.39. The lowest BCUT2D eigenvalue weighted by atomic mass is 10.4. The summed E-state index contributed by atoms with van der Waals surface area (Å²) in [6.07, 6.45) is 3.14. The Morgan fingerprint density at radius 2 is 1.44 bits per heavy atom. The highest BCUT2D eigenvalue weighted by atomic mass is 35.5. The maximum absolute atomic E-state index is 12.8. The van der Waals surface area contributed by atoms with Gasteiger partial charge in [-0.2, -0.15) is 0 Å². The summed E-state index contributed by atoms with van der Waals surface area (Å²) in [5.74, 6) is 0.